The minimum Gasteiger partial charge on any atom is -0.481 e. The minimum absolute atomic E-state index is 0.278. The van der Waals surface area contributed by atoms with Gasteiger partial charge in [-0.25, -0.2) is 0 Å². The predicted octanol–water partition coefficient (Wildman–Crippen LogP) is 0.139. The number of carbonyl (C=O) groups excluding carboxylic acids is 1. The van der Waals surface area contributed by atoms with E-state index in [0.29, 0.717) is 0 Å². The summed E-state index contributed by atoms with van der Waals surface area (Å²) in [6.07, 6.45) is 1.32. The largest absolute Gasteiger partial charge is 0.481 e. The zero-order valence-electron chi connectivity index (χ0n) is 6.50. The highest BCUT2D eigenvalue weighted by molar-refractivity contribution is 5.92. The second-order valence-electron chi connectivity index (χ2n) is 2.34. The molecule has 0 aliphatic rings. The normalized spacial score (nSPS) is 14.2. The fraction of sp³-hybridized carbons (Fsp3) is 0.429. The third-order valence-corrected chi connectivity index (χ3v) is 1.28. The summed E-state index contributed by atoms with van der Waals surface area (Å²) in [5, 5.41) is 8.42. The topological polar surface area (TPSA) is 80.4 Å². The van der Waals surface area contributed by atoms with Gasteiger partial charge in [0, 0.05) is 5.57 Å². The molecular weight excluding hydrogens is 146 g/mol. The van der Waals surface area contributed by atoms with Gasteiger partial charge in [0.05, 0.1) is 5.92 Å². The summed E-state index contributed by atoms with van der Waals surface area (Å²) >= 11 is 0. The van der Waals surface area contributed by atoms with Crippen LogP contribution in [-0.4, -0.2) is 17.0 Å². The first-order valence-electron chi connectivity index (χ1n) is 3.16. The van der Waals surface area contributed by atoms with Crippen molar-refractivity contribution in [3.8, 4) is 0 Å². The summed E-state index contributed by atoms with van der Waals surface area (Å²) in [4.78, 5) is 20.7. The molecule has 0 spiro atoms. The highest BCUT2D eigenvalue weighted by Crippen LogP contribution is 2.01. The fourth-order valence-corrected chi connectivity index (χ4v) is 0.528. The lowest BCUT2D eigenvalue weighted by atomic mass is 10.1. The molecule has 1 amide bonds. The molecule has 4 nitrogen and oxygen atoms in total. The van der Waals surface area contributed by atoms with Gasteiger partial charge in [-0.1, -0.05) is 6.08 Å². The first-order chi connectivity index (χ1) is 4.95. The van der Waals surface area contributed by atoms with Gasteiger partial charge in [-0.3, -0.25) is 9.59 Å². The van der Waals surface area contributed by atoms with Crippen molar-refractivity contribution in [1.82, 2.24) is 0 Å². The molecular formula is C7H11NO3. The Morgan fingerprint density at radius 1 is 1.55 bits per heavy atom. The number of nitrogens with two attached hydrogens (primary N) is 1. The first kappa shape index (κ1) is 9.68. The Kier molecular flexibility index (Phi) is 3.30. The van der Waals surface area contributed by atoms with Crippen LogP contribution in [0.4, 0.5) is 0 Å². The monoisotopic (exact) mass is 157 g/mol. The predicted molar refractivity (Wildman–Crippen MR) is 39.8 cm³/mol. The molecule has 0 rings (SSSR count). The number of hydrogen-bond donors (Lipinski definition) is 2. The third kappa shape index (κ3) is 3.40. The second kappa shape index (κ2) is 3.75. The molecule has 1 unspecified atom stereocenters. The van der Waals surface area contributed by atoms with Gasteiger partial charge in [-0.05, 0) is 13.8 Å². The maximum Gasteiger partial charge on any atom is 0.310 e. The van der Waals surface area contributed by atoms with Crippen molar-refractivity contribution in [3.05, 3.63) is 11.6 Å². The highest BCUT2D eigenvalue weighted by Gasteiger charge is 2.08. The zero-order valence-corrected chi connectivity index (χ0v) is 6.50. The summed E-state index contributed by atoms with van der Waals surface area (Å²) in [5.74, 6) is -2.22. The molecule has 0 aliphatic carbocycles. The van der Waals surface area contributed by atoms with Crippen molar-refractivity contribution in [2.24, 2.45) is 11.7 Å². The van der Waals surface area contributed by atoms with Crippen molar-refractivity contribution in [2.45, 2.75) is 13.8 Å². The van der Waals surface area contributed by atoms with Crippen LogP contribution in [0.1, 0.15) is 13.8 Å². The summed E-state index contributed by atoms with van der Waals surface area (Å²) in [6, 6.07) is 0. The number of carbonyl (C=O) groups is 2. The molecule has 0 aromatic heterocycles. The lowest BCUT2D eigenvalue weighted by molar-refractivity contribution is -0.139. The van der Waals surface area contributed by atoms with E-state index < -0.39 is 17.8 Å². The van der Waals surface area contributed by atoms with Crippen LogP contribution in [-0.2, 0) is 9.59 Å². The van der Waals surface area contributed by atoms with Crippen LogP contribution in [0.5, 0.6) is 0 Å². The summed E-state index contributed by atoms with van der Waals surface area (Å²) < 4.78 is 0. The Hall–Kier alpha value is -1.32. The number of primary amides is 1. The zero-order chi connectivity index (χ0) is 9.02. The maximum absolute atomic E-state index is 10.4. The molecule has 0 bridgehead atoms. The van der Waals surface area contributed by atoms with E-state index in [0.717, 1.165) is 0 Å². The molecule has 4 heteroatoms. The smallest absolute Gasteiger partial charge is 0.310 e. The number of aliphatic carboxylic acids is 1. The quantitative estimate of drug-likeness (QED) is 0.572. The number of rotatable bonds is 3. The number of amides is 1. The van der Waals surface area contributed by atoms with Crippen LogP contribution < -0.4 is 5.73 Å². The molecule has 1 atom stereocenters. The molecule has 11 heavy (non-hydrogen) atoms. The van der Waals surface area contributed by atoms with Crippen molar-refractivity contribution < 1.29 is 14.7 Å². The summed E-state index contributed by atoms with van der Waals surface area (Å²) in [5.41, 5.74) is 5.16. The molecule has 0 aliphatic heterocycles. The van der Waals surface area contributed by atoms with Crippen LogP contribution in [0.25, 0.3) is 0 Å². The van der Waals surface area contributed by atoms with E-state index in [-0.39, 0.29) is 5.57 Å². The molecule has 0 heterocycles. The fourth-order valence-electron chi connectivity index (χ4n) is 0.528. The van der Waals surface area contributed by atoms with Crippen molar-refractivity contribution in [1.29, 1.82) is 0 Å². The van der Waals surface area contributed by atoms with Crippen molar-refractivity contribution in [3.63, 3.8) is 0 Å². The van der Waals surface area contributed by atoms with Crippen molar-refractivity contribution >= 4 is 11.9 Å². The highest BCUT2D eigenvalue weighted by atomic mass is 16.4. The van der Waals surface area contributed by atoms with Crippen LogP contribution in [0.2, 0.25) is 0 Å². The molecule has 0 fully saturated rings. The maximum atomic E-state index is 10.4. The van der Waals surface area contributed by atoms with E-state index in [1.54, 1.807) is 0 Å². The van der Waals surface area contributed by atoms with Crippen LogP contribution in [0.3, 0.4) is 0 Å². The molecule has 0 saturated heterocycles. The Labute approximate surface area is 64.7 Å². The standard InChI is InChI=1S/C7H11NO3/c1-4(6(8)9)3-5(2)7(10)11/h3,5H,1-2H3,(H2,8,9)(H,10,11). The molecule has 3 N–H and O–H groups in total. The van der Waals surface area contributed by atoms with Gasteiger partial charge < -0.3 is 10.8 Å². The van der Waals surface area contributed by atoms with E-state index in [2.05, 4.69) is 0 Å². The van der Waals surface area contributed by atoms with E-state index in [4.69, 9.17) is 10.8 Å². The van der Waals surface area contributed by atoms with Gasteiger partial charge in [0.15, 0.2) is 0 Å². The van der Waals surface area contributed by atoms with E-state index in [1.165, 1.54) is 19.9 Å². The van der Waals surface area contributed by atoms with E-state index in [9.17, 15) is 9.59 Å². The lowest BCUT2D eigenvalue weighted by Gasteiger charge is -1.99. The van der Waals surface area contributed by atoms with Crippen LogP contribution >= 0.6 is 0 Å². The average molecular weight is 157 g/mol. The molecule has 0 aromatic rings. The minimum atomic E-state index is -0.967. The average Bonchev–Trinajstić information content (AvgIpc) is 1.87. The van der Waals surface area contributed by atoms with Crippen LogP contribution in [0, 0.1) is 5.92 Å². The van der Waals surface area contributed by atoms with Gasteiger partial charge in [0.1, 0.15) is 0 Å². The Bertz CT molecular complexity index is 208. The van der Waals surface area contributed by atoms with Gasteiger partial charge in [-0.2, -0.15) is 0 Å². The van der Waals surface area contributed by atoms with Crippen LogP contribution in [0.15, 0.2) is 11.6 Å². The van der Waals surface area contributed by atoms with Crippen molar-refractivity contribution in [2.75, 3.05) is 0 Å². The molecule has 62 valence electrons. The number of hydrogen-bond acceptors (Lipinski definition) is 2. The third-order valence-electron chi connectivity index (χ3n) is 1.28. The van der Waals surface area contributed by atoms with E-state index >= 15 is 0 Å². The van der Waals surface area contributed by atoms with Gasteiger partial charge >= 0.3 is 5.97 Å². The molecule has 0 aromatic carbocycles. The summed E-state index contributed by atoms with van der Waals surface area (Å²) in [7, 11) is 0. The van der Waals surface area contributed by atoms with E-state index in [1.807, 2.05) is 0 Å². The SMILES string of the molecule is CC(=CC(C)C(=O)O)C(N)=O. The Morgan fingerprint density at radius 3 is 2.27 bits per heavy atom. The molecule has 0 radical (unpaired) electrons. The van der Waals surface area contributed by atoms with Gasteiger partial charge in [0.2, 0.25) is 5.91 Å². The lowest BCUT2D eigenvalue weighted by Crippen LogP contribution is -2.14. The van der Waals surface area contributed by atoms with Gasteiger partial charge in [-0.15, -0.1) is 0 Å². The summed E-state index contributed by atoms with van der Waals surface area (Å²) in [6.45, 7) is 2.97. The first-order valence-corrected chi connectivity index (χ1v) is 3.16. The molecule has 0 saturated carbocycles. The second-order valence-corrected chi connectivity index (χ2v) is 2.34. The van der Waals surface area contributed by atoms with Gasteiger partial charge in [0.25, 0.3) is 0 Å². The number of carboxylic acid groups (broad SMARTS) is 1. The Morgan fingerprint density at radius 2 is 2.00 bits per heavy atom. The number of carboxylic acids is 1. The Balaban J connectivity index is 4.31.